The van der Waals surface area contributed by atoms with Gasteiger partial charge in [0.05, 0.1) is 12.8 Å². The molecule has 1 heterocycles. The summed E-state index contributed by atoms with van der Waals surface area (Å²) in [5, 5.41) is 1.64. The van der Waals surface area contributed by atoms with Crippen molar-refractivity contribution >= 4 is 28.7 Å². The molecule has 1 unspecified atom stereocenters. The third-order valence-electron chi connectivity index (χ3n) is 2.94. The van der Waals surface area contributed by atoms with Crippen LogP contribution in [0.15, 0.2) is 36.9 Å². The zero-order valence-corrected chi connectivity index (χ0v) is 11.5. The summed E-state index contributed by atoms with van der Waals surface area (Å²) in [6, 6.07) is 7.51. The van der Waals surface area contributed by atoms with Crippen LogP contribution in [0.25, 0.3) is 10.9 Å². The van der Waals surface area contributed by atoms with Crippen LogP contribution < -0.4 is 0 Å². The standard InChI is InChI=1S/C14H14ClNO3/c1-4-13(19-14(17)18-3)12-8-9-7-10(15)5-6-11(9)16(12)2/h4-8,13H,1H2,2-3H3. The first-order valence-electron chi connectivity index (χ1n) is 5.69. The summed E-state index contributed by atoms with van der Waals surface area (Å²) in [6.45, 7) is 3.68. The topological polar surface area (TPSA) is 40.5 Å². The van der Waals surface area contributed by atoms with E-state index >= 15 is 0 Å². The van der Waals surface area contributed by atoms with Gasteiger partial charge in [0.2, 0.25) is 0 Å². The van der Waals surface area contributed by atoms with Crippen LogP contribution in [-0.4, -0.2) is 17.8 Å². The first-order valence-corrected chi connectivity index (χ1v) is 6.06. The van der Waals surface area contributed by atoms with Gasteiger partial charge in [-0.3, -0.25) is 0 Å². The predicted octanol–water partition coefficient (Wildman–Crippen LogP) is 3.84. The summed E-state index contributed by atoms with van der Waals surface area (Å²) in [7, 11) is 3.16. The summed E-state index contributed by atoms with van der Waals surface area (Å²) in [4.78, 5) is 11.2. The highest BCUT2D eigenvalue weighted by atomic mass is 35.5. The smallest absolute Gasteiger partial charge is 0.438 e. The van der Waals surface area contributed by atoms with Gasteiger partial charge in [0, 0.05) is 23.0 Å². The number of carbonyl (C=O) groups excluding carboxylic acids is 1. The van der Waals surface area contributed by atoms with Crippen molar-refractivity contribution in [1.82, 2.24) is 4.57 Å². The Morgan fingerprint density at radius 3 is 2.84 bits per heavy atom. The molecule has 0 fully saturated rings. The van der Waals surface area contributed by atoms with Crippen molar-refractivity contribution in [3.63, 3.8) is 0 Å². The maximum absolute atomic E-state index is 11.2. The molecule has 0 spiro atoms. The van der Waals surface area contributed by atoms with Crippen LogP contribution in [0.5, 0.6) is 0 Å². The highest BCUT2D eigenvalue weighted by Crippen LogP contribution is 2.28. The molecular formula is C14H14ClNO3. The Kier molecular flexibility index (Phi) is 3.81. The van der Waals surface area contributed by atoms with E-state index in [-0.39, 0.29) is 0 Å². The second-order valence-corrected chi connectivity index (χ2v) is 4.50. The number of ether oxygens (including phenoxy) is 2. The van der Waals surface area contributed by atoms with Crippen molar-refractivity contribution in [2.75, 3.05) is 7.11 Å². The van der Waals surface area contributed by atoms with Gasteiger partial charge in [0.15, 0.2) is 6.10 Å². The number of hydrogen-bond acceptors (Lipinski definition) is 3. The predicted molar refractivity (Wildman–Crippen MR) is 74.4 cm³/mol. The number of carbonyl (C=O) groups is 1. The molecule has 0 aliphatic rings. The number of nitrogens with zero attached hydrogens (tertiary/aromatic N) is 1. The molecule has 100 valence electrons. The molecule has 1 aromatic heterocycles. The minimum atomic E-state index is -0.742. The third-order valence-corrected chi connectivity index (χ3v) is 3.17. The third kappa shape index (κ3) is 2.58. The van der Waals surface area contributed by atoms with Crippen LogP contribution in [-0.2, 0) is 16.5 Å². The number of methoxy groups -OCH3 is 1. The van der Waals surface area contributed by atoms with Gasteiger partial charge in [0.1, 0.15) is 0 Å². The van der Waals surface area contributed by atoms with Crippen LogP contribution in [0.3, 0.4) is 0 Å². The van der Waals surface area contributed by atoms with Crippen molar-refractivity contribution in [2.24, 2.45) is 7.05 Å². The summed E-state index contributed by atoms with van der Waals surface area (Å²) in [6.07, 6.45) is 0.240. The maximum Gasteiger partial charge on any atom is 0.508 e. The van der Waals surface area contributed by atoms with E-state index in [0.717, 1.165) is 16.6 Å². The van der Waals surface area contributed by atoms with Crippen LogP contribution in [0.1, 0.15) is 11.8 Å². The van der Waals surface area contributed by atoms with E-state index in [2.05, 4.69) is 11.3 Å². The molecule has 1 aromatic carbocycles. The molecule has 0 saturated heterocycles. The first-order chi connectivity index (χ1) is 9.06. The first kappa shape index (κ1) is 13.5. The lowest BCUT2D eigenvalue weighted by Gasteiger charge is -2.14. The van der Waals surface area contributed by atoms with Crippen molar-refractivity contribution in [3.05, 3.63) is 47.6 Å². The molecule has 0 aliphatic carbocycles. The average Bonchev–Trinajstić information content (AvgIpc) is 2.72. The highest BCUT2D eigenvalue weighted by molar-refractivity contribution is 6.31. The van der Waals surface area contributed by atoms with Crippen LogP contribution >= 0.6 is 11.6 Å². The average molecular weight is 280 g/mol. The van der Waals surface area contributed by atoms with Gasteiger partial charge in [0.25, 0.3) is 0 Å². The summed E-state index contributed by atoms with van der Waals surface area (Å²) in [5.41, 5.74) is 1.80. The Morgan fingerprint density at radius 1 is 1.47 bits per heavy atom. The van der Waals surface area contributed by atoms with E-state index in [1.54, 1.807) is 6.08 Å². The number of aryl methyl sites for hydroxylation is 1. The van der Waals surface area contributed by atoms with Gasteiger partial charge in [-0.25, -0.2) is 4.79 Å². The summed E-state index contributed by atoms with van der Waals surface area (Å²) in [5.74, 6) is 0. The summed E-state index contributed by atoms with van der Waals surface area (Å²) >= 11 is 5.97. The number of aromatic nitrogens is 1. The fraction of sp³-hybridized carbons (Fsp3) is 0.214. The van der Waals surface area contributed by atoms with Crippen molar-refractivity contribution in [2.45, 2.75) is 6.10 Å². The molecule has 5 heteroatoms. The van der Waals surface area contributed by atoms with Crippen molar-refractivity contribution in [1.29, 1.82) is 0 Å². The van der Waals surface area contributed by atoms with Crippen molar-refractivity contribution < 1.29 is 14.3 Å². The Balaban J connectivity index is 2.45. The van der Waals surface area contributed by atoms with Crippen LogP contribution in [0.4, 0.5) is 4.79 Å². The van der Waals surface area contributed by atoms with Gasteiger partial charge in [-0.1, -0.05) is 18.2 Å². The number of benzene rings is 1. The lowest BCUT2D eigenvalue weighted by atomic mass is 10.2. The molecule has 0 saturated carbocycles. The number of fused-ring (bicyclic) bond motifs is 1. The molecule has 0 amide bonds. The number of rotatable bonds is 3. The minimum absolute atomic E-state index is 0.566. The van der Waals surface area contributed by atoms with Crippen LogP contribution in [0, 0.1) is 0 Å². The second kappa shape index (κ2) is 5.36. The normalized spacial score (nSPS) is 12.2. The molecule has 1 atom stereocenters. The Morgan fingerprint density at radius 2 is 2.21 bits per heavy atom. The van der Waals surface area contributed by atoms with Crippen molar-refractivity contribution in [3.8, 4) is 0 Å². The molecule has 0 radical (unpaired) electrons. The van der Waals surface area contributed by atoms with Gasteiger partial charge < -0.3 is 14.0 Å². The molecular weight excluding hydrogens is 266 g/mol. The largest absolute Gasteiger partial charge is 0.508 e. The molecule has 2 rings (SSSR count). The minimum Gasteiger partial charge on any atom is -0.438 e. The molecule has 4 nitrogen and oxygen atoms in total. The van der Waals surface area contributed by atoms with Gasteiger partial charge in [-0.2, -0.15) is 0 Å². The van der Waals surface area contributed by atoms with Crippen LogP contribution in [0.2, 0.25) is 5.02 Å². The Labute approximate surface area is 116 Å². The molecule has 0 aliphatic heterocycles. The zero-order valence-electron chi connectivity index (χ0n) is 10.7. The van der Waals surface area contributed by atoms with E-state index in [9.17, 15) is 4.79 Å². The zero-order chi connectivity index (χ0) is 14.0. The summed E-state index contributed by atoms with van der Waals surface area (Å²) < 4.78 is 11.6. The van der Waals surface area contributed by atoms with E-state index in [1.807, 2.05) is 35.9 Å². The van der Waals surface area contributed by atoms with Gasteiger partial charge >= 0.3 is 6.16 Å². The number of halogens is 1. The van der Waals surface area contributed by atoms with E-state index in [4.69, 9.17) is 16.3 Å². The molecule has 0 N–H and O–H groups in total. The van der Waals surface area contributed by atoms with E-state index in [1.165, 1.54) is 7.11 Å². The van der Waals surface area contributed by atoms with Gasteiger partial charge in [-0.15, -0.1) is 0 Å². The monoisotopic (exact) mass is 279 g/mol. The highest BCUT2D eigenvalue weighted by Gasteiger charge is 2.18. The number of hydrogen-bond donors (Lipinski definition) is 0. The lowest BCUT2D eigenvalue weighted by Crippen LogP contribution is -2.12. The quantitative estimate of drug-likeness (QED) is 0.633. The van der Waals surface area contributed by atoms with E-state index < -0.39 is 12.3 Å². The lowest BCUT2D eigenvalue weighted by molar-refractivity contribution is 0.0503. The van der Waals surface area contributed by atoms with Gasteiger partial charge in [-0.05, 0) is 30.3 Å². The fourth-order valence-corrected chi connectivity index (χ4v) is 2.18. The SMILES string of the molecule is C=CC(OC(=O)OC)c1cc2cc(Cl)ccc2n1C. The molecule has 2 aromatic rings. The maximum atomic E-state index is 11.2. The second-order valence-electron chi connectivity index (χ2n) is 4.06. The molecule has 19 heavy (non-hydrogen) atoms. The fourth-order valence-electron chi connectivity index (χ4n) is 2.00. The molecule has 0 bridgehead atoms. The Bertz CT molecular complexity index is 633. The Hall–Kier alpha value is -1.94. The van der Waals surface area contributed by atoms with E-state index in [0.29, 0.717) is 5.02 Å².